The zero-order valence-electron chi connectivity index (χ0n) is 36.6. The molecule has 4 heterocycles. The number of nitrogens with one attached hydrogen (secondary N) is 2. The van der Waals surface area contributed by atoms with Crippen LogP contribution in [-0.2, 0) is 32.0 Å². The van der Waals surface area contributed by atoms with E-state index in [1.807, 2.05) is 66.7 Å². The molecule has 0 aliphatic carbocycles. The van der Waals surface area contributed by atoms with E-state index in [0.29, 0.717) is 0 Å². The Labute approximate surface area is 371 Å². The number of phosphoric acid groups is 1. The molecule has 2 aliphatic rings. The lowest BCUT2D eigenvalue weighted by Crippen LogP contribution is -2.68. The summed E-state index contributed by atoms with van der Waals surface area (Å²) in [6.45, 7) is 16.7. The van der Waals surface area contributed by atoms with Gasteiger partial charge in [0.1, 0.15) is 36.9 Å². The molecule has 2 aromatic heterocycles. The first-order valence-electron chi connectivity index (χ1n) is 21.1. The number of phosphoric ester groups is 1. The van der Waals surface area contributed by atoms with E-state index >= 15 is 4.57 Å². The number of nitrogens with zero attached hydrogens (tertiary/aromatic N) is 3. The topological polar surface area (TPSA) is 226 Å². The number of ether oxygens (including phenoxy) is 2. The van der Waals surface area contributed by atoms with Crippen molar-refractivity contribution < 1.29 is 37.1 Å². The Balaban J connectivity index is 1.45. The Morgan fingerprint density at radius 2 is 1.36 bits per heavy atom. The van der Waals surface area contributed by atoms with Gasteiger partial charge in [-0.2, -0.15) is 5.26 Å². The standard InChI is InChI=1S/C45H56N5O12PSi/c1-8-17-33(51)39-35(25-37(58-39)49-27-29(3)41(52)47-43(49)54)61-63(56,57-24-16-23-46)60-34(18-9-2)40-36(26-38(59-40)50-28-30(4)42(53)48-44(50)55)62-64(45(5,6)7,31-19-12-10-13-20-31)32-21-14-11-15-22-32/h8-15,19-22,27-28,33-40,51H,1-2,16-18,24-26H2,3-7H3,(H,47,52,54)(H,48,53,55)/t33-,34-,35-,36-,37+,38+,39+,40+,63?/m0/s1. The largest absolute Gasteiger partial charge is 0.475 e. The van der Waals surface area contributed by atoms with Crippen molar-refractivity contribution in [3.63, 3.8) is 0 Å². The molecule has 0 bridgehead atoms. The van der Waals surface area contributed by atoms with Crippen molar-refractivity contribution >= 4 is 26.5 Å². The Bertz CT molecular complexity index is 2560. The van der Waals surface area contributed by atoms with Crippen molar-refractivity contribution in [3.8, 4) is 6.07 Å². The second-order valence-corrected chi connectivity index (χ2v) is 22.8. The molecule has 9 atom stereocenters. The second kappa shape index (κ2) is 20.4. The predicted molar refractivity (Wildman–Crippen MR) is 241 cm³/mol. The molecule has 2 aromatic carbocycles. The molecule has 2 aliphatic heterocycles. The van der Waals surface area contributed by atoms with E-state index < -0.39 is 92.8 Å². The fourth-order valence-electron chi connectivity index (χ4n) is 8.40. The second-order valence-electron chi connectivity index (χ2n) is 17.0. The molecule has 3 N–H and O–H groups in total. The highest BCUT2D eigenvalue weighted by molar-refractivity contribution is 7.48. The van der Waals surface area contributed by atoms with E-state index in [4.69, 9.17) is 27.5 Å². The molecule has 2 fully saturated rings. The predicted octanol–water partition coefficient (Wildman–Crippen LogP) is 4.55. The SMILES string of the molecule is C=CC[C@H](OP(=O)(OCCC#N)O[C@H]1C[C@H](n2cc(C)c(=O)[nH]c2=O)O[C@@H]1[C@@H](O)CC=C)[C@H]1O[C@@H](n2cc(C)c(=O)[nH]c2=O)C[C@@H]1O[Si](c1ccccc1)(c1ccccc1)C(C)(C)C. The molecular formula is C45H56N5O12PSi. The fourth-order valence-corrected chi connectivity index (χ4v) is 14.7. The summed E-state index contributed by atoms with van der Waals surface area (Å²) in [7, 11) is -8.18. The van der Waals surface area contributed by atoms with E-state index in [0.717, 1.165) is 14.9 Å². The lowest BCUT2D eigenvalue weighted by atomic mass is 10.1. The summed E-state index contributed by atoms with van der Waals surface area (Å²) in [6.07, 6.45) is -3.49. The Kier molecular flexibility index (Phi) is 15.4. The minimum atomic E-state index is -4.82. The smallest absolute Gasteiger partial charge is 0.402 e. The van der Waals surface area contributed by atoms with Crippen molar-refractivity contribution in [2.45, 2.75) is 121 Å². The molecule has 17 nitrogen and oxygen atoms in total. The summed E-state index contributed by atoms with van der Waals surface area (Å²) in [5.41, 5.74) is -2.12. The third kappa shape index (κ3) is 10.4. The maximum atomic E-state index is 15.2. The normalized spacial score (nSPS) is 23.2. The molecule has 6 rings (SSSR count). The maximum absolute atomic E-state index is 15.2. The summed E-state index contributed by atoms with van der Waals surface area (Å²) in [5, 5.41) is 22.1. The van der Waals surface area contributed by atoms with Crippen molar-refractivity contribution in [1.29, 1.82) is 5.26 Å². The number of aromatic nitrogens is 4. The molecule has 0 amide bonds. The number of aromatic amines is 2. The van der Waals surface area contributed by atoms with Gasteiger partial charge in [0.25, 0.3) is 19.4 Å². The fraction of sp³-hybridized carbons (Fsp3) is 0.444. The van der Waals surface area contributed by atoms with Crippen LogP contribution in [0.25, 0.3) is 0 Å². The average Bonchev–Trinajstić information content (AvgIpc) is 3.87. The molecule has 0 saturated carbocycles. The number of aliphatic hydroxyl groups excluding tert-OH is 1. The zero-order valence-corrected chi connectivity index (χ0v) is 38.5. The van der Waals surface area contributed by atoms with E-state index in [2.05, 4.69) is 43.9 Å². The van der Waals surface area contributed by atoms with E-state index in [1.54, 1.807) is 6.92 Å². The van der Waals surface area contributed by atoms with Crippen molar-refractivity contribution in [2.75, 3.05) is 6.61 Å². The summed E-state index contributed by atoms with van der Waals surface area (Å²) >= 11 is 0. The molecule has 64 heavy (non-hydrogen) atoms. The number of aliphatic hydroxyl groups is 1. The highest BCUT2D eigenvalue weighted by atomic mass is 31.2. The van der Waals surface area contributed by atoms with Gasteiger partial charge >= 0.3 is 19.2 Å². The van der Waals surface area contributed by atoms with Crippen LogP contribution in [0, 0.1) is 25.2 Å². The lowest BCUT2D eigenvalue weighted by Gasteiger charge is -2.45. The molecule has 0 spiro atoms. The van der Waals surface area contributed by atoms with Crippen LogP contribution in [0.1, 0.15) is 76.5 Å². The van der Waals surface area contributed by atoms with Crippen molar-refractivity contribution in [1.82, 2.24) is 19.1 Å². The first kappa shape index (κ1) is 48.4. The molecule has 0 radical (unpaired) electrons. The van der Waals surface area contributed by atoms with Crippen LogP contribution in [0.5, 0.6) is 0 Å². The van der Waals surface area contributed by atoms with Gasteiger partial charge in [0.2, 0.25) is 0 Å². The molecular weight excluding hydrogens is 862 g/mol. The number of aryl methyl sites for hydroxylation is 2. The molecule has 1 unspecified atom stereocenters. The Hall–Kier alpha value is -5.06. The third-order valence-electron chi connectivity index (χ3n) is 11.4. The Morgan fingerprint density at radius 1 is 0.859 bits per heavy atom. The van der Waals surface area contributed by atoms with E-state index in [1.165, 1.54) is 36.0 Å². The monoisotopic (exact) mass is 917 g/mol. The van der Waals surface area contributed by atoms with Crippen molar-refractivity contribution in [2.24, 2.45) is 0 Å². The van der Waals surface area contributed by atoms with Crippen LogP contribution in [0.15, 0.2) is 118 Å². The third-order valence-corrected chi connectivity index (χ3v) is 18.0. The van der Waals surface area contributed by atoms with Gasteiger partial charge in [0.15, 0.2) is 0 Å². The van der Waals surface area contributed by atoms with Crippen molar-refractivity contribution in [3.05, 3.63) is 151 Å². The number of H-pyrrole nitrogens is 2. The molecule has 2 saturated heterocycles. The van der Waals surface area contributed by atoms with Gasteiger partial charge in [-0.25, -0.2) is 14.2 Å². The first-order chi connectivity index (χ1) is 30.4. The molecule has 342 valence electrons. The van der Waals surface area contributed by atoms with Crippen LogP contribution in [0.3, 0.4) is 0 Å². The van der Waals surface area contributed by atoms with Gasteiger partial charge in [0.05, 0.1) is 31.3 Å². The summed E-state index contributed by atoms with van der Waals surface area (Å²) < 4.78 is 56.8. The first-order valence-corrected chi connectivity index (χ1v) is 24.4. The van der Waals surface area contributed by atoms with Crippen LogP contribution >= 0.6 is 7.82 Å². The average molecular weight is 918 g/mol. The van der Waals surface area contributed by atoms with Gasteiger partial charge < -0.3 is 19.0 Å². The van der Waals surface area contributed by atoms with Gasteiger partial charge in [-0.3, -0.25) is 42.3 Å². The van der Waals surface area contributed by atoms with Gasteiger partial charge in [-0.1, -0.05) is 93.6 Å². The highest BCUT2D eigenvalue weighted by Gasteiger charge is 2.56. The lowest BCUT2D eigenvalue weighted by molar-refractivity contribution is -0.0954. The molecule has 19 heteroatoms. The number of benzene rings is 2. The molecule has 4 aromatic rings. The zero-order chi connectivity index (χ0) is 46.4. The highest BCUT2D eigenvalue weighted by Crippen LogP contribution is 2.56. The van der Waals surface area contributed by atoms with Gasteiger partial charge in [0, 0.05) is 36.4 Å². The number of hydrogen-bond acceptors (Lipinski definition) is 13. The number of hydrogen-bond donors (Lipinski definition) is 3. The number of nitriles is 1. The van der Waals surface area contributed by atoms with Crippen LogP contribution < -0.4 is 32.9 Å². The van der Waals surface area contributed by atoms with Gasteiger partial charge in [-0.15, -0.1) is 13.2 Å². The minimum absolute atomic E-state index is 0.00907. The summed E-state index contributed by atoms with van der Waals surface area (Å²) in [5.74, 6) is 0. The van der Waals surface area contributed by atoms with E-state index in [9.17, 15) is 29.5 Å². The summed E-state index contributed by atoms with van der Waals surface area (Å²) in [4.78, 5) is 55.7. The van der Waals surface area contributed by atoms with Crippen LogP contribution in [0.2, 0.25) is 5.04 Å². The Morgan fingerprint density at radius 3 is 1.84 bits per heavy atom. The number of rotatable bonds is 19. The minimum Gasteiger partial charge on any atom is -0.402 e. The quantitative estimate of drug-likeness (QED) is 0.0509. The van der Waals surface area contributed by atoms with Crippen LogP contribution in [0.4, 0.5) is 0 Å². The maximum Gasteiger partial charge on any atom is 0.475 e. The van der Waals surface area contributed by atoms with E-state index in [-0.39, 0.29) is 49.8 Å². The van der Waals surface area contributed by atoms with Gasteiger partial charge in [-0.05, 0) is 42.1 Å². The summed E-state index contributed by atoms with van der Waals surface area (Å²) in [6, 6.07) is 21.7. The van der Waals surface area contributed by atoms with Crippen LogP contribution in [-0.4, -0.2) is 75.8 Å².